The highest BCUT2D eigenvalue weighted by Crippen LogP contribution is 2.29. The highest BCUT2D eigenvalue weighted by atomic mass is 32.2. The molecule has 0 bridgehead atoms. The molecule has 0 saturated carbocycles. The zero-order valence-electron chi connectivity index (χ0n) is 10.7. The second-order valence-corrected chi connectivity index (χ2v) is 4.69. The normalized spacial score (nSPS) is 12.2. The van der Waals surface area contributed by atoms with Crippen molar-refractivity contribution in [3.8, 4) is 0 Å². The quantitative estimate of drug-likeness (QED) is 0.646. The molecule has 4 nitrogen and oxygen atoms in total. The fraction of sp³-hybridized carbons (Fsp3) is 0.250. The highest BCUT2D eigenvalue weighted by molar-refractivity contribution is 7.98. The number of aromatic nitrogens is 3. The van der Waals surface area contributed by atoms with E-state index in [9.17, 15) is 13.2 Å². The van der Waals surface area contributed by atoms with E-state index in [-0.39, 0.29) is 0 Å². The lowest BCUT2D eigenvalue weighted by Gasteiger charge is -2.06. The van der Waals surface area contributed by atoms with Gasteiger partial charge in [-0.1, -0.05) is 23.9 Å². The van der Waals surface area contributed by atoms with Gasteiger partial charge in [0.05, 0.1) is 11.8 Å². The Morgan fingerprint density at radius 1 is 1.30 bits per heavy atom. The molecule has 0 aliphatic heterocycles. The maximum absolute atomic E-state index is 12.6. The molecule has 1 aromatic heterocycles. The van der Waals surface area contributed by atoms with Gasteiger partial charge in [-0.05, 0) is 30.9 Å². The molecular weight excluding hydrogens is 289 g/mol. The number of benzene rings is 1. The van der Waals surface area contributed by atoms with Crippen molar-refractivity contribution in [2.45, 2.75) is 18.3 Å². The molecule has 8 heteroatoms. The Hall–Kier alpha value is -1.83. The van der Waals surface area contributed by atoms with E-state index in [1.807, 2.05) is 6.26 Å². The minimum atomic E-state index is -4.36. The van der Waals surface area contributed by atoms with Crippen LogP contribution in [0.15, 0.2) is 34.5 Å². The Labute approximate surface area is 117 Å². The molecule has 0 spiro atoms. The van der Waals surface area contributed by atoms with Gasteiger partial charge in [-0.3, -0.25) is 0 Å². The van der Waals surface area contributed by atoms with Gasteiger partial charge in [0.1, 0.15) is 0 Å². The van der Waals surface area contributed by atoms with E-state index in [4.69, 9.17) is 0 Å². The molecule has 0 aliphatic rings. The van der Waals surface area contributed by atoms with Gasteiger partial charge in [-0.25, -0.2) is 0 Å². The minimum Gasteiger partial charge on any atom is -0.192 e. The number of halogens is 3. The molecule has 20 heavy (non-hydrogen) atoms. The fourth-order valence-electron chi connectivity index (χ4n) is 1.52. The fourth-order valence-corrected chi connectivity index (χ4v) is 1.99. The number of nitrogens with zero attached hydrogens (tertiary/aromatic N) is 4. The van der Waals surface area contributed by atoms with E-state index in [1.165, 1.54) is 28.7 Å². The second-order valence-electron chi connectivity index (χ2n) is 3.91. The van der Waals surface area contributed by atoms with Crippen LogP contribution in [0.2, 0.25) is 0 Å². The van der Waals surface area contributed by atoms with Crippen LogP contribution in [0.25, 0.3) is 0 Å². The molecule has 0 radical (unpaired) electrons. The summed E-state index contributed by atoms with van der Waals surface area (Å²) in [5, 5.41) is 12.4. The Kier molecular flexibility index (Phi) is 4.12. The van der Waals surface area contributed by atoms with Gasteiger partial charge in [0.2, 0.25) is 5.16 Å². The summed E-state index contributed by atoms with van der Waals surface area (Å²) in [6.07, 6.45) is -1.19. The standard InChI is InChI=1S/C12H11F3N4S/c1-8-17-18-11(20-2)19(8)16-7-9-4-3-5-10(6-9)12(13,14)15/h3-7H,1-2H3/b16-7-. The first-order valence-corrected chi connectivity index (χ1v) is 6.82. The van der Waals surface area contributed by atoms with Crippen LogP contribution in [0.5, 0.6) is 0 Å². The van der Waals surface area contributed by atoms with E-state index in [0.717, 1.165) is 12.1 Å². The number of thioether (sulfide) groups is 1. The molecular formula is C12H11F3N4S. The van der Waals surface area contributed by atoms with Crippen LogP contribution in [0, 0.1) is 6.92 Å². The summed E-state index contributed by atoms with van der Waals surface area (Å²) in [5.74, 6) is 0.567. The molecule has 0 aliphatic carbocycles. The van der Waals surface area contributed by atoms with Crippen LogP contribution in [0.3, 0.4) is 0 Å². The van der Waals surface area contributed by atoms with Crippen molar-refractivity contribution in [1.29, 1.82) is 0 Å². The van der Waals surface area contributed by atoms with Gasteiger partial charge in [-0.2, -0.15) is 22.9 Å². The lowest BCUT2D eigenvalue weighted by atomic mass is 10.1. The number of hydrogen-bond acceptors (Lipinski definition) is 4. The van der Waals surface area contributed by atoms with Gasteiger partial charge in [-0.15, -0.1) is 10.2 Å². The predicted molar refractivity (Wildman–Crippen MR) is 71.0 cm³/mol. The van der Waals surface area contributed by atoms with Crippen molar-refractivity contribution in [3.05, 3.63) is 41.2 Å². The maximum Gasteiger partial charge on any atom is 0.416 e. The van der Waals surface area contributed by atoms with E-state index >= 15 is 0 Å². The Bertz CT molecular complexity index is 634. The van der Waals surface area contributed by atoms with E-state index in [1.54, 1.807) is 13.0 Å². The lowest BCUT2D eigenvalue weighted by Crippen LogP contribution is -2.05. The molecule has 0 N–H and O–H groups in total. The number of rotatable bonds is 3. The first-order valence-electron chi connectivity index (χ1n) is 5.59. The molecule has 0 saturated heterocycles. The summed E-state index contributed by atoms with van der Waals surface area (Å²) in [4.78, 5) is 0. The first kappa shape index (κ1) is 14.6. The molecule has 0 fully saturated rings. The van der Waals surface area contributed by atoms with Crippen LogP contribution < -0.4 is 0 Å². The maximum atomic E-state index is 12.6. The summed E-state index contributed by atoms with van der Waals surface area (Å²) in [7, 11) is 0. The van der Waals surface area contributed by atoms with E-state index in [2.05, 4.69) is 15.3 Å². The van der Waals surface area contributed by atoms with Crippen molar-refractivity contribution in [3.63, 3.8) is 0 Å². The lowest BCUT2D eigenvalue weighted by molar-refractivity contribution is -0.137. The molecule has 1 aromatic carbocycles. The van der Waals surface area contributed by atoms with Crippen molar-refractivity contribution in [2.24, 2.45) is 5.10 Å². The molecule has 0 amide bonds. The number of aryl methyl sites for hydroxylation is 1. The smallest absolute Gasteiger partial charge is 0.192 e. The third-order valence-electron chi connectivity index (χ3n) is 2.49. The molecule has 106 valence electrons. The van der Waals surface area contributed by atoms with E-state index < -0.39 is 11.7 Å². The van der Waals surface area contributed by atoms with Crippen molar-refractivity contribution in [1.82, 2.24) is 14.9 Å². The summed E-state index contributed by atoms with van der Waals surface area (Å²) in [5.41, 5.74) is -0.341. The van der Waals surface area contributed by atoms with Crippen LogP contribution >= 0.6 is 11.8 Å². The van der Waals surface area contributed by atoms with Crippen molar-refractivity contribution >= 4 is 18.0 Å². The van der Waals surface area contributed by atoms with Gasteiger partial charge in [0.15, 0.2) is 5.82 Å². The van der Waals surface area contributed by atoms with Crippen molar-refractivity contribution in [2.75, 3.05) is 6.26 Å². The van der Waals surface area contributed by atoms with Crippen LogP contribution in [0.1, 0.15) is 17.0 Å². The van der Waals surface area contributed by atoms with Gasteiger partial charge < -0.3 is 0 Å². The summed E-state index contributed by atoms with van der Waals surface area (Å²) in [6.45, 7) is 1.72. The van der Waals surface area contributed by atoms with Crippen molar-refractivity contribution < 1.29 is 13.2 Å². The zero-order chi connectivity index (χ0) is 14.8. The number of hydrogen-bond donors (Lipinski definition) is 0. The Balaban J connectivity index is 2.30. The van der Waals surface area contributed by atoms with Crippen LogP contribution in [-0.4, -0.2) is 27.3 Å². The average Bonchev–Trinajstić information content (AvgIpc) is 2.76. The van der Waals surface area contributed by atoms with Gasteiger partial charge >= 0.3 is 6.18 Å². The van der Waals surface area contributed by atoms with Gasteiger partial charge in [0.25, 0.3) is 0 Å². The molecule has 0 unspecified atom stereocenters. The zero-order valence-corrected chi connectivity index (χ0v) is 11.5. The molecule has 2 aromatic rings. The third-order valence-corrected chi connectivity index (χ3v) is 3.11. The number of alkyl halides is 3. The van der Waals surface area contributed by atoms with Gasteiger partial charge in [0, 0.05) is 0 Å². The highest BCUT2D eigenvalue weighted by Gasteiger charge is 2.30. The second kappa shape index (κ2) is 5.66. The molecule has 2 rings (SSSR count). The van der Waals surface area contributed by atoms with E-state index in [0.29, 0.717) is 16.5 Å². The minimum absolute atomic E-state index is 0.361. The Morgan fingerprint density at radius 2 is 2.05 bits per heavy atom. The molecule has 0 atom stereocenters. The largest absolute Gasteiger partial charge is 0.416 e. The summed E-state index contributed by atoms with van der Waals surface area (Å²) >= 11 is 1.35. The SMILES string of the molecule is CSc1nnc(C)n1/N=C\c1cccc(C(F)(F)F)c1. The summed E-state index contributed by atoms with van der Waals surface area (Å²) in [6, 6.07) is 4.96. The predicted octanol–water partition coefficient (Wildman–Crippen LogP) is 3.21. The third kappa shape index (κ3) is 3.19. The van der Waals surface area contributed by atoms with Crippen LogP contribution in [0.4, 0.5) is 13.2 Å². The van der Waals surface area contributed by atoms with Crippen LogP contribution in [-0.2, 0) is 6.18 Å². The first-order chi connectivity index (χ1) is 9.41. The average molecular weight is 300 g/mol. The topological polar surface area (TPSA) is 43.1 Å². The monoisotopic (exact) mass is 300 g/mol. The summed E-state index contributed by atoms with van der Waals surface area (Å²) < 4.78 is 39.3. The molecule has 1 heterocycles. The Morgan fingerprint density at radius 3 is 2.70 bits per heavy atom.